The van der Waals surface area contributed by atoms with Gasteiger partial charge >= 0.3 is 0 Å². The van der Waals surface area contributed by atoms with Gasteiger partial charge in [-0.15, -0.1) is 0 Å². The van der Waals surface area contributed by atoms with Gasteiger partial charge in [0.2, 0.25) is 0 Å². The van der Waals surface area contributed by atoms with Crippen LogP contribution in [0.1, 0.15) is 83.6 Å². The smallest absolute Gasteiger partial charge is 0.164 e. The Morgan fingerprint density at radius 1 is 0.554 bits per heavy atom. The first kappa shape index (κ1) is 41.9. The zero-order valence-electron chi connectivity index (χ0n) is 39.1. The number of rotatable bonds is 9. The van der Waals surface area contributed by atoms with Crippen molar-refractivity contribution in [3.63, 3.8) is 0 Å². The number of nitrogens with zero attached hydrogens (tertiary/aromatic N) is 4. The molecule has 8 aromatic carbocycles. The first-order chi connectivity index (χ1) is 31.4. The number of para-hydroxylation sites is 1. The molecule has 10 rings (SSSR count). The summed E-state index contributed by atoms with van der Waals surface area (Å²) in [6, 6.07) is 62.7. The fourth-order valence-electron chi connectivity index (χ4n) is 9.41. The molecule has 0 fully saturated rings. The Bertz CT molecular complexity index is 3350. The Kier molecular flexibility index (Phi) is 10.6. The van der Waals surface area contributed by atoms with Crippen LogP contribution in [0.4, 0.5) is 17.1 Å². The SMILES string of the molecule is CCCCc1ccc2nc3c(c(-c4ccccc4)nn3-c3ccccc3)c(-c3ccc(N(c4ccc(C)cc4)c4c5ccc(C(C)(C)C)cc5cc5ccc(C(C)(C)C)cc45)cc3)c2c1. The van der Waals surface area contributed by atoms with Crippen LogP contribution in [0.2, 0.25) is 0 Å². The highest BCUT2D eigenvalue weighted by molar-refractivity contribution is 6.16. The number of aromatic nitrogens is 3. The van der Waals surface area contributed by atoms with Gasteiger partial charge in [0.05, 0.1) is 22.3 Å². The van der Waals surface area contributed by atoms with E-state index in [0.717, 1.165) is 80.6 Å². The molecule has 0 aliphatic carbocycles. The molecule has 0 aliphatic rings. The molecule has 0 N–H and O–H groups in total. The third-order valence-electron chi connectivity index (χ3n) is 13.1. The maximum Gasteiger partial charge on any atom is 0.164 e. The first-order valence-corrected chi connectivity index (χ1v) is 23.3. The number of aryl methyl sites for hydroxylation is 2. The quantitative estimate of drug-likeness (QED) is 0.136. The lowest BCUT2D eigenvalue weighted by molar-refractivity contribution is 0.590. The van der Waals surface area contributed by atoms with Crippen molar-refractivity contribution in [2.75, 3.05) is 4.90 Å². The summed E-state index contributed by atoms with van der Waals surface area (Å²) >= 11 is 0. The summed E-state index contributed by atoms with van der Waals surface area (Å²) in [6.07, 6.45) is 3.31. The summed E-state index contributed by atoms with van der Waals surface area (Å²) < 4.78 is 2.03. The van der Waals surface area contributed by atoms with Gasteiger partial charge < -0.3 is 4.90 Å². The monoisotopic (exact) mass is 846 g/mol. The molecule has 0 atom stereocenters. The highest BCUT2D eigenvalue weighted by Gasteiger charge is 2.26. The Hall–Kier alpha value is -7.04. The van der Waals surface area contributed by atoms with Gasteiger partial charge in [-0.3, -0.25) is 0 Å². The van der Waals surface area contributed by atoms with Crippen molar-refractivity contribution < 1.29 is 0 Å². The van der Waals surface area contributed by atoms with Crippen molar-refractivity contribution in [1.29, 1.82) is 0 Å². The lowest BCUT2D eigenvalue weighted by Crippen LogP contribution is -2.14. The highest BCUT2D eigenvalue weighted by Crippen LogP contribution is 2.47. The van der Waals surface area contributed by atoms with Gasteiger partial charge in [-0.25, -0.2) is 9.67 Å². The van der Waals surface area contributed by atoms with Gasteiger partial charge in [-0.2, -0.15) is 5.10 Å². The van der Waals surface area contributed by atoms with E-state index in [4.69, 9.17) is 10.1 Å². The van der Waals surface area contributed by atoms with Crippen LogP contribution in [-0.4, -0.2) is 14.8 Å². The lowest BCUT2D eigenvalue weighted by atomic mass is 9.83. The summed E-state index contributed by atoms with van der Waals surface area (Å²) in [4.78, 5) is 7.92. The van der Waals surface area contributed by atoms with E-state index >= 15 is 0 Å². The predicted molar refractivity (Wildman–Crippen MR) is 278 cm³/mol. The zero-order chi connectivity index (χ0) is 45.0. The summed E-state index contributed by atoms with van der Waals surface area (Å²) in [7, 11) is 0. The molecule has 2 aromatic heterocycles. The normalized spacial score (nSPS) is 12.2. The molecule has 0 spiro atoms. The van der Waals surface area contributed by atoms with Crippen LogP contribution in [0.5, 0.6) is 0 Å². The van der Waals surface area contributed by atoms with Crippen molar-refractivity contribution in [3.8, 4) is 28.1 Å². The average Bonchev–Trinajstić information content (AvgIpc) is 3.69. The molecule has 4 heteroatoms. The molecule has 0 radical (unpaired) electrons. The Balaban J connectivity index is 1.25. The van der Waals surface area contributed by atoms with E-state index in [1.165, 1.54) is 49.5 Å². The van der Waals surface area contributed by atoms with Crippen LogP contribution in [0.3, 0.4) is 0 Å². The molecule has 4 nitrogen and oxygen atoms in total. The fraction of sp³-hybridized carbons (Fsp3) is 0.213. The van der Waals surface area contributed by atoms with Crippen molar-refractivity contribution in [3.05, 3.63) is 192 Å². The van der Waals surface area contributed by atoms with Crippen LogP contribution < -0.4 is 4.90 Å². The number of unbranched alkanes of at least 4 members (excludes halogenated alkanes) is 1. The van der Waals surface area contributed by atoms with Crippen molar-refractivity contribution in [2.45, 2.75) is 85.5 Å². The van der Waals surface area contributed by atoms with Gasteiger partial charge in [0, 0.05) is 38.7 Å². The minimum absolute atomic E-state index is 0.0170. The van der Waals surface area contributed by atoms with E-state index in [0.29, 0.717) is 0 Å². The molecule has 0 aliphatic heterocycles. The van der Waals surface area contributed by atoms with Gasteiger partial charge in [-0.1, -0.05) is 170 Å². The Morgan fingerprint density at radius 3 is 1.88 bits per heavy atom. The average molecular weight is 847 g/mol. The second kappa shape index (κ2) is 16.5. The van der Waals surface area contributed by atoms with E-state index in [-0.39, 0.29) is 10.8 Å². The number of benzene rings is 8. The van der Waals surface area contributed by atoms with Crippen LogP contribution >= 0.6 is 0 Å². The molecule has 322 valence electrons. The number of anilines is 3. The number of fused-ring (bicyclic) bond motifs is 4. The maximum absolute atomic E-state index is 5.44. The van der Waals surface area contributed by atoms with Crippen molar-refractivity contribution >= 4 is 60.5 Å². The summed E-state index contributed by atoms with van der Waals surface area (Å²) in [5, 5.41) is 12.5. The summed E-state index contributed by atoms with van der Waals surface area (Å²) in [6.45, 7) is 18.2. The summed E-state index contributed by atoms with van der Waals surface area (Å²) in [5.41, 5.74) is 15.6. The molecule has 10 aromatic rings. The fourth-order valence-corrected chi connectivity index (χ4v) is 9.41. The third kappa shape index (κ3) is 7.86. The largest absolute Gasteiger partial charge is 0.309 e. The van der Waals surface area contributed by atoms with Gasteiger partial charge in [-0.05, 0) is 124 Å². The van der Waals surface area contributed by atoms with Crippen LogP contribution in [0.25, 0.3) is 71.6 Å². The molecule has 0 saturated heterocycles. The van der Waals surface area contributed by atoms with Crippen molar-refractivity contribution in [1.82, 2.24) is 14.8 Å². The van der Waals surface area contributed by atoms with Gasteiger partial charge in [0.1, 0.15) is 5.69 Å². The summed E-state index contributed by atoms with van der Waals surface area (Å²) in [5.74, 6) is 0. The standard InChI is InChI=1S/C61H58N4/c1-9-10-17-41-24-35-54-53(36-41)55(56-57(43-18-13-11-14-19-43)63-65(59(56)62-54)50-20-15-12-16-21-50)42-26-32-49(33-27-42)64(48-30-22-40(2)23-31-48)58-51-34-29-46(60(3,4)5)38-45(51)37-44-25-28-47(39-52(44)58)61(6,7)8/h11-16,18-39H,9-10,17H2,1-8H3. The number of hydrogen-bond acceptors (Lipinski definition) is 3. The predicted octanol–water partition coefficient (Wildman–Crippen LogP) is 16.9. The van der Waals surface area contributed by atoms with Crippen LogP contribution in [0, 0.1) is 6.92 Å². The molecule has 65 heavy (non-hydrogen) atoms. The first-order valence-electron chi connectivity index (χ1n) is 23.3. The van der Waals surface area contributed by atoms with Crippen LogP contribution in [-0.2, 0) is 17.3 Å². The molecule has 0 bridgehead atoms. The highest BCUT2D eigenvalue weighted by atomic mass is 15.3. The van der Waals surface area contributed by atoms with E-state index < -0.39 is 0 Å². The maximum atomic E-state index is 5.44. The minimum atomic E-state index is -0.0190. The Labute approximate surface area is 384 Å². The van der Waals surface area contributed by atoms with Gasteiger partial charge in [0.25, 0.3) is 0 Å². The second-order valence-corrected chi connectivity index (χ2v) is 19.9. The molecular formula is C61H58N4. The molecule has 0 saturated carbocycles. The molecule has 2 heterocycles. The Morgan fingerprint density at radius 2 is 1.20 bits per heavy atom. The molecule has 0 unspecified atom stereocenters. The van der Waals surface area contributed by atoms with Crippen molar-refractivity contribution in [2.24, 2.45) is 0 Å². The third-order valence-corrected chi connectivity index (χ3v) is 13.1. The van der Waals surface area contributed by atoms with E-state index in [1.54, 1.807) is 0 Å². The number of hydrogen-bond donors (Lipinski definition) is 0. The second-order valence-electron chi connectivity index (χ2n) is 19.9. The minimum Gasteiger partial charge on any atom is -0.309 e. The number of pyridine rings is 1. The van der Waals surface area contributed by atoms with E-state index in [1.807, 2.05) is 4.68 Å². The van der Waals surface area contributed by atoms with Gasteiger partial charge in [0.15, 0.2) is 5.65 Å². The van der Waals surface area contributed by atoms with Crippen LogP contribution in [0.15, 0.2) is 170 Å². The van der Waals surface area contributed by atoms with E-state index in [2.05, 4.69) is 230 Å². The molecule has 0 amide bonds. The van der Waals surface area contributed by atoms with E-state index in [9.17, 15) is 0 Å². The lowest BCUT2D eigenvalue weighted by Gasteiger charge is -2.30. The molecular weight excluding hydrogens is 789 g/mol. The topological polar surface area (TPSA) is 34.0 Å². The zero-order valence-corrected chi connectivity index (χ0v) is 39.1.